The highest BCUT2D eigenvalue weighted by Crippen LogP contribution is 2.37. The van der Waals surface area contributed by atoms with Crippen LogP contribution in [0.5, 0.6) is 17.2 Å². The Morgan fingerprint density at radius 3 is 2.58 bits per heavy atom. The van der Waals surface area contributed by atoms with Crippen LogP contribution in [0.4, 0.5) is 5.69 Å². The summed E-state index contributed by atoms with van der Waals surface area (Å²) in [6.45, 7) is 0.0783. The molecule has 0 aliphatic carbocycles. The summed E-state index contributed by atoms with van der Waals surface area (Å²) in [6.07, 6.45) is 1.67. The zero-order chi connectivity index (χ0) is 16.5. The topological polar surface area (TPSA) is 96.5 Å². The monoisotopic (exact) mass is 323 g/mol. The van der Waals surface area contributed by atoms with Crippen LogP contribution in [0.2, 0.25) is 0 Å². The van der Waals surface area contributed by atoms with Gasteiger partial charge >= 0.3 is 0 Å². The third kappa shape index (κ3) is 2.52. The van der Waals surface area contributed by atoms with Crippen molar-refractivity contribution in [2.24, 2.45) is 0 Å². The number of benzene rings is 2. The predicted molar refractivity (Wildman–Crippen MR) is 86.2 cm³/mol. The first-order valence-electron chi connectivity index (χ1n) is 7.24. The van der Waals surface area contributed by atoms with Gasteiger partial charge in [-0.25, -0.2) is 0 Å². The third-order valence-electron chi connectivity index (χ3n) is 3.69. The van der Waals surface area contributed by atoms with Crippen molar-refractivity contribution in [1.29, 1.82) is 0 Å². The summed E-state index contributed by atoms with van der Waals surface area (Å²) >= 11 is 0. The van der Waals surface area contributed by atoms with Crippen molar-refractivity contribution in [3.8, 4) is 28.5 Å². The molecule has 1 aromatic heterocycles. The first kappa shape index (κ1) is 14.1. The highest BCUT2D eigenvalue weighted by atomic mass is 16.7. The Kier molecular flexibility index (Phi) is 3.31. The number of amides is 1. The maximum atomic E-state index is 12.4. The van der Waals surface area contributed by atoms with Gasteiger partial charge in [-0.05, 0) is 23.8 Å². The molecular formula is C17H13N3O4. The lowest BCUT2D eigenvalue weighted by Gasteiger charge is -2.08. The minimum absolute atomic E-state index is 0.0783. The van der Waals surface area contributed by atoms with Gasteiger partial charge in [0, 0.05) is 24.0 Å². The van der Waals surface area contributed by atoms with Crippen molar-refractivity contribution in [1.82, 2.24) is 10.2 Å². The molecule has 7 nitrogen and oxygen atoms in total. The van der Waals surface area contributed by atoms with Crippen LogP contribution in [-0.4, -0.2) is 28.0 Å². The maximum Gasteiger partial charge on any atom is 0.259 e. The fraction of sp³-hybridized carbons (Fsp3) is 0.0588. The number of phenolic OH excluding ortho intramolecular Hbond substituents is 1. The molecule has 7 heteroatoms. The van der Waals surface area contributed by atoms with Crippen LogP contribution in [0.3, 0.4) is 0 Å². The molecule has 24 heavy (non-hydrogen) atoms. The highest BCUT2D eigenvalue weighted by Gasteiger charge is 2.20. The van der Waals surface area contributed by atoms with E-state index in [1.54, 1.807) is 18.3 Å². The molecule has 0 spiro atoms. The quantitative estimate of drug-likeness (QED) is 0.689. The summed E-state index contributed by atoms with van der Waals surface area (Å²) in [7, 11) is 0. The number of H-pyrrole nitrogens is 1. The van der Waals surface area contributed by atoms with Gasteiger partial charge < -0.3 is 19.9 Å². The van der Waals surface area contributed by atoms with Crippen LogP contribution >= 0.6 is 0 Å². The molecule has 2 heterocycles. The molecule has 1 amide bonds. The fourth-order valence-electron chi connectivity index (χ4n) is 2.46. The Labute approximate surface area is 136 Å². The number of phenols is 1. The van der Waals surface area contributed by atoms with Crippen molar-refractivity contribution in [3.05, 3.63) is 54.2 Å². The van der Waals surface area contributed by atoms with Gasteiger partial charge in [0.2, 0.25) is 6.79 Å². The Balaban J connectivity index is 1.54. The van der Waals surface area contributed by atoms with Crippen molar-refractivity contribution in [3.63, 3.8) is 0 Å². The number of rotatable bonds is 3. The molecular weight excluding hydrogens is 310 g/mol. The number of aromatic hydroxyl groups is 1. The SMILES string of the molecule is O=C(Nc1ccc(-c2ccn[nH]2)cc1)c1cc2c(cc1O)OCO2. The Morgan fingerprint density at radius 1 is 1.12 bits per heavy atom. The molecule has 120 valence electrons. The number of anilines is 1. The van der Waals surface area contributed by atoms with E-state index in [0.29, 0.717) is 17.2 Å². The van der Waals surface area contributed by atoms with Gasteiger partial charge in [0.25, 0.3) is 5.91 Å². The zero-order valence-corrected chi connectivity index (χ0v) is 12.4. The van der Waals surface area contributed by atoms with E-state index in [4.69, 9.17) is 9.47 Å². The minimum atomic E-state index is -0.430. The largest absolute Gasteiger partial charge is 0.507 e. The number of hydrogen-bond acceptors (Lipinski definition) is 5. The predicted octanol–water partition coefficient (Wildman–Crippen LogP) is 2.76. The van der Waals surface area contributed by atoms with Crippen LogP contribution < -0.4 is 14.8 Å². The van der Waals surface area contributed by atoms with E-state index < -0.39 is 5.91 Å². The number of hydrogen-bond donors (Lipinski definition) is 3. The molecule has 1 aliphatic rings. The van der Waals surface area contributed by atoms with Crippen molar-refractivity contribution >= 4 is 11.6 Å². The second kappa shape index (κ2) is 5.62. The smallest absolute Gasteiger partial charge is 0.259 e. The molecule has 0 unspecified atom stereocenters. The standard InChI is InChI=1S/C17H13N3O4/c21-14-8-16-15(23-9-24-16)7-12(14)17(22)19-11-3-1-10(2-4-11)13-5-6-18-20-13/h1-8,21H,9H2,(H,18,20)(H,19,22). The average Bonchev–Trinajstić information content (AvgIpc) is 3.26. The fourth-order valence-corrected chi connectivity index (χ4v) is 2.46. The number of nitrogens with zero attached hydrogens (tertiary/aromatic N) is 1. The highest BCUT2D eigenvalue weighted by molar-refractivity contribution is 6.06. The molecule has 2 aromatic carbocycles. The molecule has 0 saturated heterocycles. The zero-order valence-electron chi connectivity index (χ0n) is 12.4. The van der Waals surface area contributed by atoms with E-state index >= 15 is 0 Å². The lowest BCUT2D eigenvalue weighted by Crippen LogP contribution is -2.12. The number of aromatic amines is 1. The summed E-state index contributed by atoms with van der Waals surface area (Å²) in [5, 5.41) is 19.5. The van der Waals surface area contributed by atoms with Gasteiger partial charge in [-0.3, -0.25) is 9.89 Å². The number of carbonyl (C=O) groups is 1. The van der Waals surface area contributed by atoms with Gasteiger partial charge in [0.05, 0.1) is 11.3 Å². The summed E-state index contributed by atoms with van der Waals surface area (Å²) in [6, 6.07) is 12.0. The van der Waals surface area contributed by atoms with Crippen LogP contribution in [0.15, 0.2) is 48.7 Å². The second-order valence-corrected chi connectivity index (χ2v) is 5.22. The molecule has 0 saturated carbocycles. The summed E-state index contributed by atoms with van der Waals surface area (Å²) in [4.78, 5) is 12.4. The molecule has 4 rings (SSSR count). The maximum absolute atomic E-state index is 12.4. The lowest BCUT2D eigenvalue weighted by molar-refractivity contribution is 0.102. The van der Waals surface area contributed by atoms with E-state index in [1.807, 2.05) is 18.2 Å². The number of nitrogens with one attached hydrogen (secondary N) is 2. The minimum Gasteiger partial charge on any atom is -0.507 e. The number of aromatic nitrogens is 2. The van der Waals surface area contributed by atoms with Crippen LogP contribution in [0.25, 0.3) is 11.3 Å². The van der Waals surface area contributed by atoms with E-state index in [-0.39, 0.29) is 18.1 Å². The molecule has 0 atom stereocenters. The van der Waals surface area contributed by atoms with Crippen molar-refractivity contribution in [2.45, 2.75) is 0 Å². The second-order valence-electron chi connectivity index (χ2n) is 5.22. The Bertz CT molecular complexity index is 889. The van der Waals surface area contributed by atoms with Crippen LogP contribution in [0, 0.1) is 0 Å². The lowest BCUT2D eigenvalue weighted by atomic mass is 10.1. The molecule has 0 fully saturated rings. The van der Waals surface area contributed by atoms with Crippen LogP contribution in [-0.2, 0) is 0 Å². The van der Waals surface area contributed by atoms with E-state index in [2.05, 4.69) is 15.5 Å². The molecule has 3 aromatic rings. The normalized spacial score (nSPS) is 12.2. The summed E-state index contributed by atoms with van der Waals surface area (Å²) in [5.41, 5.74) is 2.58. The van der Waals surface area contributed by atoms with E-state index in [1.165, 1.54) is 12.1 Å². The molecule has 1 aliphatic heterocycles. The molecule has 0 bridgehead atoms. The molecule has 0 radical (unpaired) electrons. The van der Waals surface area contributed by atoms with Gasteiger partial charge in [0.15, 0.2) is 11.5 Å². The van der Waals surface area contributed by atoms with Gasteiger partial charge in [-0.1, -0.05) is 12.1 Å². The Morgan fingerprint density at radius 2 is 1.88 bits per heavy atom. The first-order chi connectivity index (χ1) is 11.7. The third-order valence-corrected chi connectivity index (χ3v) is 3.69. The van der Waals surface area contributed by atoms with E-state index in [0.717, 1.165) is 11.3 Å². The average molecular weight is 323 g/mol. The van der Waals surface area contributed by atoms with Crippen molar-refractivity contribution in [2.75, 3.05) is 12.1 Å². The Hall–Kier alpha value is -3.48. The first-order valence-corrected chi connectivity index (χ1v) is 7.24. The van der Waals surface area contributed by atoms with Gasteiger partial charge in [-0.15, -0.1) is 0 Å². The number of carbonyl (C=O) groups excluding carboxylic acids is 1. The van der Waals surface area contributed by atoms with Crippen LogP contribution in [0.1, 0.15) is 10.4 Å². The van der Waals surface area contributed by atoms with Gasteiger partial charge in [0.1, 0.15) is 5.75 Å². The van der Waals surface area contributed by atoms with Gasteiger partial charge in [-0.2, -0.15) is 5.10 Å². The number of ether oxygens (including phenoxy) is 2. The summed E-state index contributed by atoms with van der Waals surface area (Å²) in [5.74, 6) is 0.270. The van der Waals surface area contributed by atoms with Crippen molar-refractivity contribution < 1.29 is 19.4 Å². The molecule has 3 N–H and O–H groups in total. The number of fused-ring (bicyclic) bond motifs is 1. The summed E-state index contributed by atoms with van der Waals surface area (Å²) < 4.78 is 10.4. The van der Waals surface area contributed by atoms with E-state index in [9.17, 15) is 9.90 Å².